The molecule has 0 atom stereocenters. The van der Waals surface area contributed by atoms with Crippen LogP contribution in [0.25, 0.3) is 49.0 Å². The van der Waals surface area contributed by atoms with Crippen molar-refractivity contribution in [1.29, 1.82) is 0 Å². The zero-order chi connectivity index (χ0) is 27.7. The molecule has 0 spiro atoms. The first-order valence-corrected chi connectivity index (χ1v) is 14.0. The smallest absolute Gasteiger partial charge is 0.162 e. The van der Waals surface area contributed by atoms with Gasteiger partial charge >= 0.3 is 0 Å². The van der Waals surface area contributed by atoms with E-state index in [0.717, 1.165) is 53.1 Å². The van der Waals surface area contributed by atoms with Gasteiger partial charge in [-0.25, -0.2) is 0 Å². The monoisotopic (exact) mass is 713 g/mol. The number of hydrogen-bond donors (Lipinski definition) is 2. The Bertz CT molecular complexity index is 1810. The van der Waals surface area contributed by atoms with Crippen LogP contribution in [0.3, 0.4) is 0 Å². The van der Waals surface area contributed by atoms with Crippen LogP contribution >= 0.6 is 0 Å². The number of hydrogen-bond acceptors (Lipinski definition) is 4. The third-order valence-electron chi connectivity index (χ3n) is 8.14. The van der Waals surface area contributed by atoms with Gasteiger partial charge in [0.15, 0.2) is 5.78 Å². The molecule has 209 valence electrons. The molecule has 40 heavy (non-hydrogen) atoms. The van der Waals surface area contributed by atoms with Crippen molar-refractivity contribution in [2.24, 2.45) is 11.8 Å². The summed E-state index contributed by atoms with van der Waals surface area (Å²) >= 11 is 0. The number of allylic oxidation sites excluding steroid dienone is 2. The van der Waals surface area contributed by atoms with Gasteiger partial charge in [0.25, 0.3) is 0 Å². The Balaban J connectivity index is 0.000000204. The zero-order valence-electron chi connectivity index (χ0n) is 23.4. The number of ketones is 1. The van der Waals surface area contributed by atoms with Gasteiger partial charge in [-0.1, -0.05) is 64.1 Å². The molecule has 0 unspecified atom stereocenters. The summed E-state index contributed by atoms with van der Waals surface area (Å²) in [7, 11) is 0. The molecule has 0 saturated carbocycles. The predicted molar refractivity (Wildman–Crippen MR) is 162 cm³/mol. The van der Waals surface area contributed by atoms with Crippen LogP contribution in [0.15, 0.2) is 78.7 Å². The van der Waals surface area contributed by atoms with Crippen molar-refractivity contribution in [2.75, 3.05) is 0 Å². The first kappa shape index (κ1) is 29.5. The topological polar surface area (TPSA) is 74.8 Å². The van der Waals surface area contributed by atoms with Crippen molar-refractivity contribution < 1.29 is 35.1 Å². The molecule has 6 rings (SSSR count). The van der Waals surface area contributed by atoms with E-state index in [0.29, 0.717) is 0 Å². The Labute approximate surface area is 248 Å². The first-order chi connectivity index (χ1) is 18.9. The molecule has 0 fully saturated rings. The van der Waals surface area contributed by atoms with E-state index in [1.165, 1.54) is 27.6 Å². The Hall–Kier alpha value is -3.47. The molecule has 1 radical (unpaired) electrons. The molecule has 3 aromatic carbocycles. The fraction of sp³-hybridized carbons (Fsp3) is 0.294. The van der Waals surface area contributed by atoms with Gasteiger partial charge in [0.1, 0.15) is 11.3 Å². The number of rotatable bonds is 7. The third-order valence-corrected chi connectivity index (χ3v) is 8.14. The summed E-state index contributed by atoms with van der Waals surface area (Å²) in [5.74, 6) is 0.824. The van der Waals surface area contributed by atoms with Crippen molar-refractivity contribution in [2.45, 2.75) is 53.4 Å². The van der Waals surface area contributed by atoms with Crippen LogP contribution in [-0.2, 0) is 24.9 Å². The standard InChI is InChI=1S/C21H12N2O.C13H24O2.Ir/c24-17-9-3-8-16-19(17)20-21-14(10-11-22-20)13-6-1-4-12-5-2-7-15(18(12)13)23(16)21;1-5-10(6-2)12(14)9-13(15)11(7-3)8-4;/h1-11,24H;9-11,14H,5-8H2,1-4H3;/b;12-9-;. The third kappa shape index (κ3) is 4.95. The van der Waals surface area contributed by atoms with Crippen LogP contribution in [0.5, 0.6) is 5.75 Å². The summed E-state index contributed by atoms with van der Waals surface area (Å²) in [6.07, 6.45) is 6.74. The van der Waals surface area contributed by atoms with E-state index in [9.17, 15) is 15.0 Å². The number of nitrogens with zero attached hydrogens (tertiary/aromatic N) is 2. The molecule has 0 aliphatic rings. The molecule has 3 aromatic heterocycles. The van der Waals surface area contributed by atoms with Gasteiger partial charge in [-0.3, -0.25) is 9.78 Å². The largest absolute Gasteiger partial charge is 0.512 e. The maximum atomic E-state index is 11.7. The second-order valence-corrected chi connectivity index (χ2v) is 10.2. The van der Waals surface area contributed by atoms with Crippen molar-refractivity contribution in [3.8, 4) is 5.75 Å². The number of aromatic nitrogens is 2. The number of benzene rings is 3. The number of phenolic OH excluding ortho intramolecular Hbond substituents is 1. The number of carbonyl (C=O) groups excluding carboxylic acids is 1. The molecular weight excluding hydrogens is 677 g/mol. The van der Waals surface area contributed by atoms with Crippen molar-refractivity contribution in [1.82, 2.24) is 9.38 Å². The van der Waals surface area contributed by atoms with Crippen molar-refractivity contribution >= 4 is 54.8 Å². The summed E-state index contributed by atoms with van der Waals surface area (Å²) in [5, 5.41) is 25.9. The van der Waals surface area contributed by atoms with Crippen LogP contribution in [0.2, 0.25) is 0 Å². The first-order valence-electron chi connectivity index (χ1n) is 14.0. The quantitative estimate of drug-likeness (QED) is 0.0751. The van der Waals surface area contributed by atoms with E-state index in [1.807, 2.05) is 46.0 Å². The van der Waals surface area contributed by atoms with Crippen molar-refractivity contribution in [3.63, 3.8) is 0 Å². The van der Waals surface area contributed by atoms with Gasteiger partial charge < -0.3 is 14.6 Å². The summed E-state index contributed by atoms with van der Waals surface area (Å²) in [6, 6.07) is 20.5. The number of aromatic hydroxyl groups is 1. The van der Waals surface area contributed by atoms with Gasteiger partial charge in [0, 0.05) is 55.0 Å². The number of aliphatic hydroxyl groups excluding tert-OH is 1. The Morgan fingerprint density at radius 2 is 1.43 bits per heavy atom. The number of phenols is 1. The molecule has 0 aliphatic heterocycles. The van der Waals surface area contributed by atoms with Crippen LogP contribution in [0.1, 0.15) is 53.4 Å². The van der Waals surface area contributed by atoms with E-state index in [-0.39, 0.29) is 49.2 Å². The number of fused-ring (bicyclic) bond motifs is 5. The molecule has 0 amide bonds. The maximum Gasteiger partial charge on any atom is 0.162 e. The average molecular weight is 713 g/mol. The Morgan fingerprint density at radius 1 is 0.825 bits per heavy atom. The summed E-state index contributed by atoms with van der Waals surface area (Å²) in [6.45, 7) is 8.07. The van der Waals surface area contributed by atoms with Crippen LogP contribution in [-0.4, -0.2) is 25.4 Å². The molecular formula is C34H36IrN2O3. The van der Waals surface area contributed by atoms with E-state index in [1.54, 1.807) is 6.07 Å². The molecule has 6 aromatic rings. The summed E-state index contributed by atoms with van der Waals surface area (Å²) in [4.78, 5) is 16.3. The minimum Gasteiger partial charge on any atom is -0.512 e. The fourth-order valence-corrected chi connectivity index (χ4v) is 5.92. The molecule has 6 heteroatoms. The van der Waals surface area contributed by atoms with Gasteiger partial charge in [0.2, 0.25) is 0 Å². The van der Waals surface area contributed by atoms with Crippen molar-refractivity contribution in [3.05, 3.63) is 78.7 Å². The van der Waals surface area contributed by atoms with Gasteiger partial charge in [-0.05, 0) is 60.7 Å². The molecule has 2 N–H and O–H groups in total. The maximum absolute atomic E-state index is 11.7. The predicted octanol–water partition coefficient (Wildman–Crippen LogP) is 8.96. The summed E-state index contributed by atoms with van der Waals surface area (Å²) < 4.78 is 2.24. The van der Waals surface area contributed by atoms with Gasteiger partial charge in [-0.2, -0.15) is 0 Å². The molecule has 0 aliphatic carbocycles. The van der Waals surface area contributed by atoms with Crippen LogP contribution < -0.4 is 0 Å². The fourth-order valence-electron chi connectivity index (χ4n) is 5.92. The number of aliphatic hydroxyl groups is 1. The zero-order valence-corrected chi connectivity index (χ0v) is 25.8. The SMILES string of the molecule is CCC(CC)C(=O)/C=C(\O)C(CC)CC.Oc1cccc2c1c1nccc3c4cccc5cccc(c54)n2c31.[Ir]. The minimum absolute atomic E-state index is 0. The van der Waals surface area contributed by atoms with E-state index in [2.05, 4.69) is 51.8 Å². The average Bonchev–Trinajstić information content (AvgIpc) is 3.30. The van der Waals surface area contributed by atoms with Crippen LogP contribution in [0, 0.1) is 11.8 Å². The van der Waals surface area contributed by atoms with E-state index < -0.39 is 0 Å². The van der Waals surface area contributed by atoms with E-state index in [4.69, 9.17) is 0 Å². The second-order valence-electron chi connectivity index (χ2n) is 10.2. The summed E-state index contributed by atoms with van der Waals surface area (Å²) in [5.41, 5.74) is 4.06. The normalized spacial score (nSPS) is 12.1. The number of carbonyl (C=O) groups is 1. The van der Waals surface area contributed by atoms with Gasteiger partial charge in [0.05, 0.1) is 27.7 Å². The molecule has 0 saturated heterocycles. The van der Waals surface area contributed by atoms with Gasteiger partial charge in [-0.15, -0.1) is 0 Å². The van der Waals surface area contributed by atoms with E-state index >= 15 is 0 Å². The number of pyridine rings is 2. The minimum atomic E-state index is 0. The Kier molecular flexibility index (Phi) is 9.12. The second kappa shape index (κ2) is 12.4. The Morgan fingerprint density at radius 3 is 2.08 bits per heavy atom. The molecule has 0 bridgehead atoms. The molecule has 5 nitrogen and oxygen atoms in total. The molecule has 3 heterocycles. The van der Waals surface area contributed by atoms with Crippen LogP contribution in [0.4, 0.5) is 0 Å².